The number of rotatable bonds is 9. The molecule has 1 amide bonds. The fraction of sp³-hybridized carbons (Fsp3) is 0.300. The fourth-order valence-electron chi connectivity index (χ4n) is 2.56. The number of hydrogen-bond donors (Lipinski definition) is 2. The molecule has 2 aromatic carbocycles. The molecule has 0 bridgehead atoms. The third kappa shape index (κ3) is 5.81. The van der Waals surface area contributed by atoms with E-state index in [1.807, 2.05) is 19.1 Å². The number of hydrogen-bond acceptors (Lipinski definition) is 4. The van der Waals surface area contributed by atoms with Gasteiger partial charge in [-0.1, -0.05) is 12.1 Å². The first-order valence-electron chi connectivity index (χ1n) is 8.40. The summed E-state index contributed by atoms with van der Waals surface area (Å²) in [5.74, 6) is -0.585. The van der Waals surface area contributed by atoms with Crippen molar-refractivity contribution in [2.75, 3.05) is 19.0 Å². The van der Waals surface area contributed by atoms with Gasteiger partial charge < -0.3 is 19.9 Å². The largest absolute Gasteiger partial charge is 0.497 e. The zero-order valence-corrected chi connectivity index (χ0v) is 14.9. The standard InChI is InChI=1S/C20H23NO5/c1-3-26-18-10-6-16(7-11-18)21-20(24)15(13-19(22)23)12-14-4-8-17(25-2)9-5-14/h4-11,15H,3,12-13H2,1-2H3,(H,21,24)(H,22,23). The summed E-state index contributed by atoms with van der Waals surface area (Å²) in [5.41, 5.74) is 1.47. The predicted molar refractivity (Wildman–Crippen MR) is 98.7 cm³/mol. The number of amides is 1. The molecule has 0 saturated heterocycles. The Hall–Kier alpha value is -3.02. The zero-order valence-electron chi connectivity index (χ0n) is 14.9. The van der Waals surface area contributed by atoms with Gasteiger partial charge >= 0.3 is 5.97 Å². The molecule has 0 heterocycles. The lowest BCUT2D eigenvalue weighted by Gasteiger charge is -2.16. The summed E-state index contributed by atoms with van der Waals surface area (Å²) in [6.45, 7) is 2.46. The molecule has 1 atom stereocenters. The van der Waals surface area contributed by atoms with Crippen molar-refractivity contribution >= 4 is 17.6 Å². The van der Waals surface area contributed by atoms with Gasteiger partial charge in [-0.3, -0.25) is 9.59 Å². The lowest BCUT2D eigenvalue weighted by atomic mass is 9.95. The summed E-state index contributed by atoms with van der Waals surface area (Å²) in [5, 5.41) is 11.9. The van der Waals surface area contributed by atoms with Crippen molar-refractivity contribution in [2.24, 2.45) is 5.92 Å². The van der Waals surface area contributed by atoms with Crippen molar-refractivity contribution in [1.82, 2.24) is 0 Å². The Bertz CT molecular complexity index is 725. The molecule has 138 valence electrons. The minimum absolute atomic E-state index is 0.241. The Balaban J connectivity index is 2.06. The van der Waals surface area contributed by atoms with E-state index in [1.54, 1.807) is 43.5 Å². The molecule has 0 aromatic heterocycles. The van der Waals surface area contributed by atoms with E-state index >= 15 is 0 Å². The van der Waals surface area contributed by atoms with Gasteiger partial charge in [-0.2, -0.15) is 0 Å². The molecule has 0 aliphatic heterocycles. The summed E-state index contributed by atoms with van der Waals surface area (Å²) < 4.78 is 10.5. The average molecular weight is 357 g/mol. The second-order valence-electron chi connectivity index (χ2n) is 5.79. The van der Waals surface area contributed by atoms with E-state index in [2.05, 4.69) is 5.32 Å². The van der Waals surface area contributed by atoms with Crippen molar-refractivity contribution < 1.29 is 24.2 Å². The SMILES string of the molecule is CCOc1ccc(NC(=O)C(CC(=O)O)Cc2ccc(OC)cc2)cc1. The van der Waals surface area contributed by atoms with Crippen molar-refractivity contribution in [2.45, 2.75) is 19.8 Å². The normalized spacial score (nSPS) is 11.5. The average Bonchev–Trinajstić information content (AvgIpc) is 2.63. The number of carboxylic acids is 1. The topological polar surface area (TPSA) is 84.9 Å². The molecule has 0 aliphatic carbocycles. The minimum Gasteiger partial charge on any atom is -0.497 e. The predicted octanol–water partition coefficient (Wildman–Crippen LogP) is 3.37. The maximum absolute atomic E-state index is 12.6. The molecule has 6 heteroatoms. The summed E-state index contributed by atoms with van der Waals surface area (Å²) in [6, 6.07) is 14.2. The van der Waals surface area contributed by atoms with Crippen molar-refractivity contribution in [3.8, 4) is 11.5 Å². The van der Waals surface area contributed by atoms with E-state index in [4.69, 9.17) is 14.6 Å². The number of anilines is 1. The Labute approximate surface area is 152 Å². The summed E-state index contributed by atoms with van der Waals surface area (Å²) in [4.78, 5) is 23.7. The first-order valence-corrected chi connectivity index (χ1v) is 8.40. The van der Waals surface area contributed by atoms with E-state index in [1.165, 1.54) is 0 Å². The van der Waals surface area contributed by atoms with Crippen LogP contribution in [0.25, 0.3) is 0 Å². The number of carbonyl (C=O) groups excluding carboxylic acids is 1. The van der Waals surface area contributed by atoms with Crippen LogP contribution in [-0.2, 0) is 16.0 Å². The van der Waals surface area contributed by atoms with Crippen LogP contribution in [-0.4, -0.2) is 30.7 Å². The van der Waals surface area contributed by atoms with Gasteiger partial charge in [0, 0.05) is 5.69 Å². The van der Waals surface area contributed by atoms with Gasteiger partial charge in [-0.05, 0) is 55.3 Å². The Kier molecular flexibility index (Phi) is 7.02. The molecule has 2 rings (SSSR count). The highest BCUT2D eigenvalue weighted by molar-refractivity contribution is 5.94. The van der Waals surface area contributed by atoms with Gasteiger partial charge in [-0.15, -0.1) is 0 Å². The van der Waals surface area contributed by atoms with Crippen molar-refractivity contribution in [3.63, 3.8) is 0 Å². The van der Waals surface area contributed by atoms with Crippen LogP contribution in [0.3, 0.4) is 0 Å². The Morgan fingerprint density at radius 1 is 1.04 bits per heavy atom. The van der Waals surface area contributed by atoms with Crippen LogP contribution in [0.1, 0.15) is 18.9 Å². The lowest BCUT2D eigenvalue weighted by Crippen LogP contribution is -2.27. The third-order valence-corrected chi connectivity index (χ3v) is 3.87. The molecule has 2 N–H and O–H groups in total. The quantitative estimate of drug-likeness (QED) is 0.719. The van der Waals surface area contributed by atoms with Gasteiger partial charge in [0.1, 0.15) is 11.5 Å². The van der Waals surface area contributed by atoms with Crippen LogP contribution in [0.15, 0.2) is 48.5 Å². The van der Waals surface area contributed by atoms with Gasteiger partial charge in [-0.25, -0.2) is 0 Å². The highest BCUT2D eigenvalue weighted by Gasteiger charge is 2.22. The van der Waals surface area contributed by atoms with E-state index in [9.17, 15) is 9.59 Å². The summed E-state index contributed by atoms with van der Waals surface area (Å²) in [7, 11) is 1.58. The van der Waals surface area contributed by atoms with Gasteiger partial charge in [0.25, 0.3) is 0 Å². The van der Waals surface area contributed by atoms with Crippen LogP contribution in [0.2, 0.25) is 0 Å². The number of benzene rings is 2. The van der Waals surface area contributed by atoms with E-state index < -0.39 is 11.9 Å². The highest BCUT2D eigenvalue weighted by Crippen LogP contribution is 2.20. The number of methoxy groups -OCH3 is 1. The minimum atomic E-state index is -1.01. The van der Waals surface area contributed by atoms with Crippen molar-refractivity contribution in [1.29, 1.82) is 0 Å². The first kappa shape index (κ1) is 19.3. The Morgan fingerprint density at radius 2 is 1.65 bits per heavy atom. The summed E-state index contributed by atoms with van der Waals surface area (Å²) in [6.07, 6.45) is 0.0913. The van der Waals surface area contributed by atoms with Gasteiger partial charge in [0.15, 0.2) is 0 Å². The molecule has 2 aromatic rings. The molecule has 6 nitrogen and oxygen atoms in total. The third-order valence-electron chi connectivity index (χ3n) is 3.87. The summed E-state index contributed by atoms with van der Waals surface area (Å²) >= 11 is 0. The molecular weight excluding hydrogens is 334 g/mol. The van der Waals surface area contributed by atoms with Crippen LogP contribution >= 0.6 is 0 Å². The van der Waals surface area contributed by atoms with E-state index in [0.29, 0.717) is 30.2 Å². The van der Waals surface area contributed by atoms with Gasteiger partial charge in [0.05, 0.1) is 26.1 Å². The number of ether oxygens (including phenoxy) is 2. The number of aliphatic carboxylic acids is 1. The smallest absolute Gasteiger partial charge is 0.304 e. The molecule has 26 heavy (non-hydrogen) atoms. The zero-order chi connectivity index (χ0) is 18.9. The van der Waals surface area contributed by atoms with Gasteiger partial charge in [0.2, 0.25) is 5.91 Å². The molecule has 0 saturated carbocycles. The van der Waals surface area contributed by atoms with Crippen LogP contribution in [0.5, 0.6) is 11.5 Å². The fourth-order valence-corrected chi connectivity index (χ4v) is 2.56. The maximum Gasteiger partial charge on any atom is 0.304 e. The van der Waals surface area contributed by atoms with E-state index in [-0.39, 0.29) is 12.3 Å². The van der Waals surface area contributed by atoms with Crippen molar-refractivity contribution in [3.05, 3.63) is 54.1 Å². The second-order valence-corrected chi connectivity index (χ2v) is 5.79. The molecule has 0 fully saturated rings. The van der Waals surface area contributed by atoms with Crippen LogP contribution < -0.4 is 14.8 Å². The maximum atomic E-state index is 12.6. The Morgan fingerprint density at radius 3 is 2.19 bits per heavy atom. The molecular formula is C20H23NO5. The number of carboxylic acid groups (broad SMARTS) is 1. The number of nitrogens with one attached hydrogen (secondary N) is 1. The monoisotopic (exact) mass is 357 g/mol. The highest BCUT2D eigenvalue weighted by atomic mass is 16.5. The molecule has 1 unspecified atom stereocenters. The van der Waals surface area contributed by atoms with Crippen LogP contribution in [0.4, 0.5) is 5.69 Å². The number of carbonyl (C=O) groups is 2. The first-order chi connectivity index (χ1) is 12.5. The molecule has 0 aliphatic rings. The lowest BCUT2D eigenvalue weighted by molar-refractivity contribution is -0.140. The second kappa shape index (κ2) is 9.46. The molecule has 0 spiro atoms. The van der Waals surface area contributed by atoms with Crippen LogP contribution in [0, 0.1) is 5.92 Å². The molecule has 0 radical (unpaired) electrons. The van der Waals surface area contributed by atoms with E-state index in [0.717, 1.165) is 5.56 Å².